The van der Waals surface area contributed by atoms with Gasteiger partial charge in [0.25, 0.3) is 0 Å². The number of methoxy groups -OCH3 is 1. The molecule has 126 valence electrons. The minimum atomic E-state index is -0.561. The predicted octanol–water partition coefficient (Wildman–Crippen LogP) is 1.10. The minimum Gasteiger partial charge on any atom is -0.468 e. The quantitative estimate of drug-likeness (QED) is 0.729. The van der Waals surface area contributed by atoms with Crippen LogP contribution in [0.25, 0.3) is 0 Å². The first kappa shape index (κ1) is 17.7. The van der Waals surface area contributed by atoms with E-state index in [4.69, 9.17) is 11.6 Å². The lowest BCUT2D eigenvalue weighted by Crippen LogP contribution is -2.39. The van der Waals surface area contributed by atoms with E-state index in [1.165, 1.54) is 29.0 Å². The van der Waals surface area contributed by atoms with Crippen LogP contribution in [0.15, 0.2) is 47.5 Å². The van der Waals surface area contributed by atoms with Gasteiger partial charge in [-0.25, -0.2) is 9.78 Å². The first-order valence-electron chi connectivity index (χ1n) is 7.10. The number of nitrogens with zero attached hydrogens (tertiary/aromatic N) is 3. The fourth-order valence-electron chi connectivity index (χ4n) is 2.04. The second kappa shape index (κ2) is 8.26. The van der Waals surface area contributed by atoms with Crippen LogP contribution >= 0.6 is 11.6 Å². The van der Waals surface area contributed by atoms with Gasteiger partial charge in [-0.2, -0.15) is 0 Å². The molecule has 0 aliphatic heterocycles. The number of halogens is 1. The molecule has 2 rings (SSSR count). The van der Waals surface area contributed by atoms with Gasteiger partial charge in [-0.1, -0.05) is 29.8 Å². The van der Waals surface area contributed by atoms with Gasteiger partial charge in [0.15, 0.2) is 0 Å². The summed E-state index contributed by atoms with van der Waals surface area (Å²) in [6.07, 6.45) is 2.80. The highest BCUT2D eigenvalue weighted by molar-refractivity contribution is 6.31. The lowest BCUT2D eigenvalue weighted by Gasteiger charge is -2.22. The lowest BCUT2D eigenvalue weighted by molar-refractivity contribution is -0.147. The summed E-state index contributed by atoms with van der Waals surface area (Å²) in [7, 11) is 1.24. The van der Waals surface area contributed by atoms with E-state index in [0.29, 0.717) is 10.6 Å². The standard InChI is InChI=1S/C16H16ClN3O4/c1-24-15(22)11-20(9-12-5-2-3-6-13(12)17)14(21)10-19-8-4-7-18-16(19)23/h2-8H,9-11H2,1H3. The molecule has 0 saturated carbocycles. The van der Waals surface area contributed by atoms with Gasteiger partial charge in [0.1, 0.15) is 13.1 Å². The Labute approximate surface area is 143 Å². The Kier molecular flexibility index (Phi) is 6.08. The topological polar surface area (TPSA) is 81.5 Å². The van der Waals surface area contributed by atoms with Crippen molar-refractivity contribution in [1.82, 2.24) is 14.5 Å². The molecule has 0 aliphatic carbocycles. The monoisotopic (exact) mass is 349 g/mol. The first-order chi connectivity index (χ1) is 11.5. The number of carbonyl (C=O) groups is 2. The van der Waals surface area contributed by atoms with E-state index < -0.39 is 17.6 Å². The van der Waals surface area contributed by atoms with Crippen molar-refractivity contribution in [3.63, 3.8) is 0 Å². The Morgan fingerprint density at radius 3 is 2.71 bits per heavy atom. The summed E-state index contributed by atoms with van der Waals surface area (Å²) < 4.78 is 5.79. The third-order valence-electron chi connectivity index (χ3n) is 3.31. The molecule has 1 heterocycles. The van der Waals surface area contributed by atoms with Crippen LogP contribution in [0.4, 0.5) is 0 Å². The van der Waals surface area contributed by atoms with E-state index in [2.05, 4.69) is 9.72 Å². The van der Waals surface area contributed by atoms with Crippen LogP contribution in [-0.2, 0) is 27.4 Å². The average molecular weight is 350 g/mol. The molecule has 0 unspecified atom stereocenters. The zero-order valence-corrected chi connectivity index (χ0v) is 13.8. The summed E-state index contributed by atoms with van der Waals surface area (Å²) in [4.78, 5) is 40.6. The van der Waals surface area contributed by atoms with Crippen LogP contribution in [0.3, 0.4) is 0 Å². The van der Waals surface area contributed by atoms with Crippen LogP contribution in [0.2, 0.25) is 5.02 Å². The van der Waals surface area contributed by atoms with Crippen LogP contribution in [0.5, 0.6) is 0 Å². The van der Waals surface area contributed by atoms with E-state index in [1.54, 1.807) is 30.3 Å². The summed E-state index contributed by atoms with van der Waals surface area (Å²) >= 11 is 6.11. The fourth-order valence-corrected chi connectivity index (χ4v) is 2.23. The number of hydrogen-bond acceptors (Lipinski definition) is 5. The van der Waals surface area contributed by atoms with Crippen molar-refractivity contribution >= 4 is 23.5 Å². The molecular weight excluding hydrogens is 334 g/mol. The molecule has 0 atom stereocenters. The normalized spacial score (nSPS) is 10.2. The Morgan fingerprint density at radius 2 is 2.04 bits per heavy atom. The van der Waals surface area contributed by atoms with Gasteiger partial charge in [0, 0.05) is 24.0 Å². The fraction of sp³-hybridized carbons (Fsp3) is 0.250. The van der Waals surface area contributed by atoms with E-state index in [0.717, 1.165) is 0 Å². The maximum Gasteiger partial charge on any atom is 0.347 e. The third-order valence-corrected chi connectivity index (χ3v) is 3.68. The van der Waals surface area contributed by atoms with Crippen LogP contribution in [0, 0.1) is 0 Å². The van der Waals surface area contributed by atoms with Gasteiger partial charge in [-0.05, 0) is 17.7 Å². The summed E-state index contributed by atoms with van der Waals surface area (Å²) in [6.45, 7) is -0.341. The number of rotatable bonds is 6. The van der Waals surface area contributed by atoms with Crippen molar-refractivity contribution in [3.8, 4) is 0 Å². The minimum absolute atomic E-state index is 0.128. The molecule has 0 bridgehead atoms. The Balaban J connectivity index is 2.20. The van der Waals surface area contributed by atoms with Gasteiger partial charge in [-0.3, -0.25) is 14.2 Å². The predicted molar refractivity (Wildman–Crippen MR) is 87.4 cm³/mol. The van der Waals surface area contributed by atoms with Gasteiger partial charge in [0.05, 0.1) is 7.11 Å². The molecule has 8 heteroatoms. The van der Waals surface area contributed by atoms with Crippen molar-refractivity contribution in [2.45, 2.75) is 13.1 Å². The van der Waals surface area contributed by atoms with Gasteiger partial charge in [-0.15, -0.1) is 0 Å². The Hall–Kier alpha value is -2.67. The molecular formula is C16H16ClN3O4. The van der Waals surface area contributed by atoms with Crippen LogP contribution < -0.4 is 5.69 Å². The van der Waals surface area contributed by atoms with Crippen molar-refractivity contribution in [3.05, 3.63) is 63.8 Å². The van der Waals surface area contributed by atoms with Gasteiger partial charge in [0.2, 0.25) is 5.91 Å². The molecule has 0 spiro atoms. The van der Waals surface area contributed by atoms with Crippen molar-refractivity contribution in [1.29, 1.82) is 0 Å². The van der Waals surface area contributed by atoms with Crippen molar-refractivity contribution in [2.75, 3.05) is 13.7 Å². The highest BCUT2D eigenvalue weighted by Gasteiger charge is 2.19. The Bertz CT molecular complexity index is 791. The summed E-state index contributed by atoms with van der Waals surface area (Å²) in [6, 6.07) is 8.56. The number of carbonyl (C=O) groups excluding carboxylic acids is 2. The zero-order chi connectivity index (χ0) is 17.5. The van der Waals surface area contributed by atoms with Gasteiger partial charge < -0.3 is 9.64 Å². The molecule has 1 amide bonds. The molecule has 0 saturated heterocycles. The molecule has 0 aliphatic rings. The molecule has 2 aromatic rings. The molecule has 0 N–H and O–H groups in total. The second-order valence-electron chi connectivity index (χ2n) is 4.95. The van der Waals surface area contributed by atoms with Crippen molar-refractivity contribution < 1.29 is 14.3 Å². The largest absolute Gasteiger partial charge is 0.468 e. The number of ether oxygens (including phenoxy) is 1. The molecule has 7 nitrogen and oxygen atoms in total. The van der Waals surface area contributed by atoms with Crippen LogP contribution in [0.1, 0.15) is 5.56 Å². The van der Waals surface area contributed by atoms with Gasteiger partial charge >= 0.3 is 11.7 Å². The second-order valence-corrected chi connectivity index (χ2v) is 5.35. The zero-order valence-electron chi connectivity index (χ0n) is 13.0. The summed E-state index contributed by atoms with van der Waals surface area (Å²) in [5, 5.41) is 0.485. The highest BCUT2D eigenvalue weighted by Crippen LogP contribution is 2.17. The van der Waals surface area contributed by atoms with E-state index in [-0.39, 0.29) is 19.6 Å². The van der Waals surface area contributed by atoms with E-state index >= 15 is 0 Å². The number of hydrogen-bond donors (Lipinski definition) is 0. The smallest absolute Gasteiger partial charge is 0.347 e. The maximum absolute atomic E-state index is 12.5. The first-order valence-corrected chi connectivity index (χ1v) is 7.48. The number of amides is 1. The van der Waals surface area contributed by atoms with E-state index in [9.17, 15) is 14.4 Å². The molecule has 1 aromatic heterocycles. The molecule has 1 aromatic carbocycles. The molecule has 0 radical (unpaired) electrons. The average Bonchev–Trinajstić information content (AvgIpc) is 2.58. The van der Waals surface area contributed by atoms with Crippen LogP contribution in [-0.4, -0.2) is 40.0 Å². The SMILES string of the molecule is COC(=O)CN(Cc1ccccc1Cl)C(=O)Cn1cccnc1=O. The molecule has 0 fully saturated rings. The summed E-state index contributed by atoms with van der Waals surface area (Å²) in [5.41, 5.74) is 0.150. The number of benzene rings is 1. The van der Waals surface area contributed by atoms with Crippen molar-refractivity contribution in [2.24, 2.45) is 0 Å². The number of esters is 1. The maximum atomic E-state index is 12.5. The number of aromatic nitrogens is 2. The third kappa shape index (κ3) is 4.66. The molecule has 24 heavy (non-hydrogen) atoms. The highest BCUT2D eigenvalue weighted by atomic mass is 35.5. The Morgan fingerprint density at radius 1 is 1.29 bits per heavy atom. The lowest BCUT2D eigenvalue weighted by atomic mass is 10.2. The van der Waals surface area contributed by atoms with E-state index in [1.807, 2.05) is 0 Å². The summed E-state index contributed by atoms with van der Waals surface area (Å²) in [5.74, 6) is -0.982.